The number of nitrogens with zero attached hydrogens (tertiary/aromatic N) is 3. The van der Waals surface area contributed by atoms with E-state index in [1.807, 2.05) is 12.1 Å². The standard InChI is InChI=1S/C19H25FN4O2/c20-16-12-15(18-2-1-5-24(18)19-3-4-21-22-19)13-17(14-16)26-11-8-23-6-9-25-10-7-23/h3-4,12-14,18H,1-2,5-11H2,(H,21,22). The van der Waals surface area contributed by atoms with E-state index in [0.29, 0.717) is 12.4 Å². The van der Waals surface area contributed by atoms with E-state index in [2.05, 4.69) is 20.0 Å². The third-order valence-corrected chi connectivity index (χ3v) is 5.11. The maximum atomic E-state index is 14.2. The fourth-order valence-electron chi connectivity index (χ4n) is 3.79. The Morgan fingerprint density at radius 3 is 2.92 bits per heavy atom. The Morgan fingerprint density at radius 1 is 1.23 bits per heavy atom. The molecule has 0 spiro atoms. The topological polar surface area (TPSA) is 53.6 Å². The first-order valence-corrected chi connectivity index (χ1v) is 9.29. The lowest BCUT2D eigenvalue weighted by Crippen LogP contribution is -2.38. The van der Waals surface area contributed by atoms with Gasteiger partial charge in [-0.15, -0.1) is 0 Å². The number of anilines is 1. The minimum Gasteiger partial charge on any atom is -0.492 e. The molecule has 0 saturated carbocycles. The predicted octanol–water partition coefficient (Wildman–Crippen LogP) is 2.60. The number of aromatic nitrogens is 2. The normalized spacial score (nSPS) is 21.3. The molecule has 0 aliphatic carbocycles. The molecule has 2 saturated heterocycles. The van der Waals surface area contributed by atoms with Gasteiger partial charge in [0.05, 0.1) is 25.5 Å². The number of halogens is 1. The zero-order valence-electron chi connectivity index (χ0n) is 14.9. The average Bonchev–Trinajstić information content (AvgIpc) is 3.33. The molecular weight excluding hydrogens is 335 g/mol. The third kappa shape index (κ3) is 3.99. The van der Waals surface area contributed by atoms with Crippen molar-refractivity contribution in [1.29, 1.82) is 0 Å². The van der Waals surface area contributed by atoms with Gasteiger partial charge in [0.25, 0.3) is 0 Å². The van der Waals surface area contributed by atoms with Gasteiger partial charge < -0.3 is 14.4 Å². The van der Waals surface area contributed by atoms with Crippen LogP contribution in [0.2, 0.25) is 0 Å². The van der Waals surface area contributed by atoms with E-state index < -0.39 is 0 Å². The Labute approximate surface area is 152 Å². The molecule has 0 amide bonds. The number of rotatable bonds is 6. The van der Waals surface area contributed by atoms with Crippen molar-refractivity contribution in [3.8, 4) is 5.75 Å². The second kappa shape index (κ2) is 8.05. The van der Waals surface area contributed by atoms with E-state index in [1.54, 1.807) is 12.3 Å². The Hall–Kier alpha value is -2.12. The lowest BCUT2D eigenvalue weighted by atomic mass is 10.0. The summed E-state index contributed by atoms with van der Waals surface area (Å²) in [6.45, 7) is 5.73. The molecule has 6 nitrogen and oxygen atoms in total. The maximum Gasteiger partial charge on any atom is 0.127 e. The highest BCUT2D eigenvalue weighted by atomic mass is 19.1. The van der Waals surface area contributed by atoms with Crippen LogP contribution in [0.4, 0.5) is 10.2 Å². The molecule has 2 aromatic rings. The average molecular weight is 360 g/mol. The van der Waals surface area contributed by atoms with Crippen molar-refractivity contribution in [1.82, 2.24) is 15.1 Å². The molecule has 4 rings (SSSR count). The fraction of sp³-hybridized carbons (Fsp3) is 0.526. The number of H-pyrrole nitrogens is 1. The highest BCUT2D eigenvalue weighted by Crippen LogP contribution is 2.36. The highest BCUT2D eigenvalue weighted by molar-refractivity contribution is 5.44. The summed E-state index contributed by atoms with van der Waals surface area (Å²) in [7, 11) is 0. The van der Waals surface area contributed by atoms with Crippen LogP contribution >= 0.6 is 0 Å². The van der Waals surface area contributed by atoms with Crippen molar-refractivity contribution in [2.45, 2.75) is 18.9 Å². The molecule has 1 atom stereocenters. The van der Waals surface area contributed by atoms with E-state index in [-0.39, 0.29) is 11.9 Å². The SMILES string of the molecule is Fc1cc(OCCN2CCOCC2)cc(C2CCCN2c2ccn[nH]2)c1. The van der Waals surface area contributed by atoms with Gasteiger partial charge >= 0.3 is 0 Å². The number of nitrogens with one attached hydrogen (secondary N) is 1. The lowest BCUT2D eigenvalue weighted by Gasteiger charge is -2.27. The van der Waals surface area contributed by atoms with Gasteiger partial charge in [0.1, 0.15) is 24.0 Å². The molecule has 1 aromatic carbocycles. The van der Waals surface area contributed by atoms with Gasteiger partial charge in [-0.3, -0.25) is 10.00 Å². The smallest absolute Gasteiger partial charge is 0.127 e. The molecule has 0 radical (unpaired) electrons. The molecule has 1 aromatic heterocycles. The number of hydrogen-bond acceptors (Lipinski definition) is 5. The van der Waals surface area contributed by atoms with Gasteiger partial charge in [-0.25, -0.2) is 4.39 Å². The van der Waals surface area contributed by atoms with E-state index in [1.165, 1.54) is 6.07 Å². The fourth-order valence-corrected chi connectivity index (χ4v) is 3.79. The molecule has 140 valence electrons. The van der Waals surface area contributed by atoms with E-state index in [4.69, 9.17) is 9.47 Å². The lowest BCUT2D eigenvalue weighted by molar-refractivity contribution is 0.0322. The Balaban J connectivity index is 1.42. The van der Waals surface area contributed by atoms with E-state index in [9.17, 15) is 4.39 Å². The van der Waals surface area contributed by atoms with Crippen LogP contribution < -0.4 is 9.64 Å². The number of aromatic amines is 1. The van der Waals surface area contributed by atoms with Crippen LogP contribution in [-0.2, 0) is 4.74 Å². The molecular formula is C19H25FN4O2. The van der Waals surface area contributed by atoms with Crippen LogP contribution in [0.25, 0.3) is 0 Å². The molecule has 7 heteroatoms. The zero-order chi connectivity index (χ0) is 17.8. The van der Waals surface area contributed by atoms with Gasteiger partial charge in [0.2, 0.25) is 0 Å². The molecule has 2 aliphatic rings. The molecule has 1 N–H and O–H groups in total. The van der Waals surface area contributed by atoms with Crippen LogP contribution in [0.1, 0.15) is 24.4 Å². The quantitative estimate of drug-likeness (QED) is 0.858. The molecule has 2 aliphatic heterocycles. The number of ether oxygens (including phenoxy) is 2. The summed E-state index contributed by atoms with van der Waals surface area (Å²) in [6.07, 6.45) is 3.82. The predicted molar refractivity (Wildman–Crippen MR) is 97.1 cm³/mol. The monoisotopic (exact) mass is 360 g/mol. The summed E-state index contributed by atoms with van der Waals surface area (Å²) in [4.78, 5) is 4.56. The number of hydrogen-bond donors (Lipinski definition) is 1. The molecule has 0 bridgehead atoms. The Kier molecular flexibility index (Phi) is 5.36. The summed E-state index contributed by atoms with van der Waals surface area (Å²) in [5.74, 6) is 1.33. The van der Waals surface area contributed by atoms with Crippen molar-refractivity contribution >= 4 is 5.82 Å². The summed E-state index contributed by atoms with van der Waals surface area (Å²) in [5.41, 5.74) is 0.957. The first kappa shape index (κ1) is 17.3. The van der Waals surface area contributed by atoms with Gasteiger partial charge in [0, 0.05) is 38.3 Å². The first-order valence-electron chi connectivity index (χ1n) is 9.29. The van der Waals surface area contributed by atoms with Crippen LogP contribution in [-0.4, -0.2) is 61.1 Å². The minimum absolute atomic E-state index is 0.146. The summed E-state index contributed by atoms with van der Waals surface area (Å²) >= 11 is 0. The molecule has 3 heterocycles. The van der Waals surface area contributed by atoms with Crippen molar-refractivity contribution in [3.63, 3.8) is 0 Å². The van der Waals surface area contributed by atoms with Crippen molar-refractivity contribution in [2.75, 3.05) is 50.9 Å². The summed E-state index contributed by atoms with van der Waals surface area (Å²) in [6, 6.07) is 7.17. The Bertz CT molecular complexity index is 704. The molecule has 2 fully saturated rings. The second-order valence-corrected chi connectivity index (χ2v) is 6.82. The molecule has 26 heavy (non-hydrogen) atoms. The third-order valence-electron chi connectivity index (χ3n) is 5.11. The van der Waals surface area contributed by atoms with Gasteiger partial charge in [-0.1, -0.05) is 0 Å². The number of benzene rings is 1. The van der Waals surface area contributed by atoms with Crippen molar-refractivity contribution in [2.24, 2.45) is 0 Å². The van der Waals surface area contributed by atoms with Crippen molar-refractivity contribution < 1.29 is 13.9 Å². The number of morpholine rings is 1. The minimum atomic E-state index is -0.250. The zero-order valence-corrected chi connectivity index (χ0v) is 14.9. The van der Waals surface area contributed by atoms with Crippen LogP contribution in [0.3, 0.4) is 0 Å². The van der Waals surface area contributed by atoms with E-state index >= 15 is 0 Å². The van der Waals surface area contributed by atoms with Crippen molar-refractivity contribution in [3.05, 3.63) is 41.8 Å². The molecule has 1 unspecified atom stereocenters. The maximum absolute atomic E-state index is 14.2. The summed E-state index contributed by atoms with van der Waals surface area (Å²) < 4.78 is 25.4. The largest absolute Gasteiger partial charge is 0.492 e. The van der Waals surface area contributed by atoms with Gasteiger partial charge in [-0.2, -0.15) is 5.10 Å². The van der Waals surface area contributed by atoms with Crippen LogP contribution in [0.15, 0.2) is 30.5 Å². The first-order chi connectivity index (χ1) is 12.8. The Morgan fingerprint density at radius 2 is 2.12 bits per heavy atom. The highest BCUT2D eigenvalue weighted by Gasteiger charge is 2.27. The van der Waals surface area contributed by atoms with Crippen LogP contribution in [0, 0.1) is 5.82 Å². The van der Waals surface area contributed by atoms with E-state index in [0.717, 1.165) is 63.6 Å². The second-order valence-electron chi connectivity index (χ2n) is 6.82. The van der Waals surface area contributed by atoms with Gasteiger partial charge in [0.15, 0.2) is 0 Å². The van der Waals surface area contributed by atoms with Gasteiger partial charge in [-0.05, 0) is 30.5 Å². The summed E-state index contributed by atoms with van der Waals surface area (Å²) in [5, 5.41) is 7.05. The van der Waals surface area contributed by atoms with Crippen LogP contribution in [0.5, 0.6) is 5.75 Å².